The van der Waals surface area contributed by atoms with E-state index < -0.39 is 23.7 Å². The number of amides is 2. The van der Waals surface area contributed by atoms with Gasteiger partial charge in [-0.2, -0.15) is 0 Å². The van der Waals surface area contributed by atoms with Crippen molar-refractivity contribution in [3.8, 4) is 0 Å². The van der Waals surface area contributed by atoms with E-state index in [1.165, 1.54) is 31.4 Å². The summed E-state index contributed by atoms with van der Waals surface area (Å²) in [4.78, 5) is 36.1. The van der Waals surface area contributed by atoms with Crippen LogP contribution in [0, 0.1) is 19.7 Å². The number of hydrogen-bond acceptors (Lipinski definition) is 4. The van der Waals surface area contributed by atoms with Crippen molar-refractivity contribution in [2.45, 2.75) is 26.3 Å². The number of carbonyl (C=O) groups is 3. The van der Waals surface area contributed by atoms with E-state index in [4.69, 9.17) is 0 Å². The fraction of sp³-hybridized carbons (Fsp3) is 0.286. The molecular weight excluding hydrogens is 363 g/mol. The highest BCUT2D eigenvalue weighted by Gasteiger charge is 2.19. The Morgan fingerprint density at radius 1 is 1.04 bits per heavy atom. The lowest BCUT2D eigenvalue weighted by Crippen LogP contribution is -2.39. The molecule has 6 nitrogen and oxygen atoms in total. The molecule has 28 heavy (non-hydrogen) atoms. The Labute approximate surface area is 163 Å². The molecule has 2 amide bonds. The lowest BCUT2D eigenvalue weighted by Gasteiger charge is -2.18. The summed E-state index contributed by atoms with van der Waals surface area (Å²) < 4.78 is 17.8. The zero-order valence-corrected chi connectivity index (χ0v) is 16.0. The second-order valence-electron chi connectivity index (χ2n) is 6.43. The van der Waals surface area contributed by atoms with Gasteiger partial charge in [0.1, 0.15) is 5.82 Å². The second-order valence-corrected chi connectivity index (χ2v) is 6.43. The van der Waals surface area contributed by atoms with Crippen molar-refractivity contribution in [2.75, 3.05) is 13.7 Å². The monoisotopic (exact) mass is 386 g/mol. The molecule has 0 fully saturated rings. The van der Waals surface area contributed by atoms with Crippen molar-refractivity contribution in [1.29, 1.82) is 0 Å². The fourth-order valence-corrected chi connectivity index (χ4v) is 2.59. The van der Waals surface area contributed by atoms with Crippen LogP contribution in [0.2, 0.25) is 0 Å². The van der Waals surface area contributed by atoms with Crippen molar-refractivity contribution in [3.63, 3.8) is 0 Å². The van der Waals surface area contributed by atoms with Crippen LogP contribution in [0.15, 0.2) is 42.5 Å². The first-order valence-electron chi connectivity index (χ1n) is 8.77. The maximum Gasteiger partial charge on any atom is 0.307 e. The molecule has 0 spiro atoms. The standard InChI is InChI=1S/C21H23FN2O4/c1-13-4-5-16(10-14(13)2)21(27)23-12-19(25)24-18(11-20(26)28-3)15-6-8-17(22)9-7-15/h4-10,18H,11-12H2,1-3H3,(H,23,27)(H,24,25). The van der Waals surface area contributed by atoms with E-state index >= 15 is 0 Å². The third-order valence-electron chi connectivity index (χ3n) is 4.38. The quantitative estimate of drug-likeness (QED) is 0.717. The van der Waals surface area contributed by atoms with Gasteiger partial charge in [0.15, 0.2) is 0 Å². The number of aryl methyl sites for hydroxylation is 2. The van der Waals surface area contributed by atoms with Gasteiger partial charge in [0.25, 0.3) is 5.91 Å². The summed E-state index contributed by atoms with van der Waals surface area (Å²) in [6.45, 7) is 3.59. The van der Waals surface area contributed by atoms with E-state index in [1.54, 1.807) is 12.1 Å². The van der Waals surface area contributed by atoms with Gasteiger partial charge in [0, 0.05) is 5.56 Å². The average Bonchev–Trinajstić information content (AvgIpc) is 2.68. The maximum absolute atomic E-state index is 13.1. The molecule has 2 aromatic rings. The van der Waals surface area contributed by atoms with Crippen LogP contribution < -0.4 is 10.6 Å². The summed E-state index contributed by atoms with van der Waals surface area (Å²) in [5, 5.41) is 5.22. The SMILES string of the molecule is COC(=O)CC(NC(=O)CNC(=O)c1ccc(C)c(C)c1)c1ccc(F)cc1. The Kier molecular flexibility index (Phi) is 7.26. The normalized spacial score (nSPS) is 11.4. The summed E-state index contributed by atoms with van der Waals surface area (Å²) in [6, 6.07) is 10.0. The van der Waals surface area contributed by atoms with Gasteiger partial charge in [-0.05, 0) is 54.8 Å². The first-order chi connectivity index (χ1) is 13.3. The maximum atomic E-state index is 13.1. The molecule has 0 aliphatic rings. The van der Waals surface area contributed by atoms with Crippen molar-refractivity contribution < 1.29 is 23.5 Å². The van der Waals surface area contributed by atoms with Crippen LogP contribution in [-0.4, -0.2) is 31.4 Å². The topological polar surface area (TPSA) is 84.5 Å². The summed E-state index contributed by atoms with van der Waals surface area (Å²) in [5.74, 6) is -1.79. The van der Waals surface area contributed by atoms with Crippen molar-refractivity contribution in [2.24, 2.45) is 0 Å². The van der Waals surface area contributed by atoms with Gasteiger partial charge in [0.2, 0.25) is 5.91 Å². The van der Waals surface area contributed by atoms with E-state index in [-0.39, 0.29) is 18.9 Å². The largest absolute Gasteiger partial charge is 0.469 e. The molecule has 7 heteroatoms. The van der Waals surface area contributed by atoms with E-state index in [2.05, 4.69) is 15.4 Å². The zero-order chi connectivity index (χ0) is 20.7. The van der Waals surface area contributed by atoms with Crippen LogP contribution in [0.1, 0.15) is 39.5 Å². The molecule has 2 aromatic carbocycles. The van der Waals surface area contributed by atoms with Crippen molar-refractivity contribution in [1.82, 2.24) is 10.6 Å². The molecule has 0 aliphatic carbocycles. The predicted molar refractivity (Wildman–Crippen MR) is 102 cm³/mol. The number of nitrogens with one attached hydrogen (secondary N) is 2. The van der Waals surface area contributed by atoms with E-state index in [0.717, 1.165) is 11.1 Å². The van der Waals surface area contributed by atoms with E-state index in [1.807, 2.05) is 19.9 Å². The number of rotatable bonds is 7. The summed E-state index contributed by atoms with van der Waals surface area (Å²) in [7, 11) is 1.25. The molecule has 0 heterocycles. The summed E-state index contributed by atoms with van der Waals surface area (Å²) >= 11 is 0. The molecule has 0 radical (unpaired) electrons. The Bertz CT molecular complexity index is 865. The Hall–Kier alpha value is -3.22. The lowest BCUT2D eigenvalue weighted by atomic mass is 10.0. The highest BCUT2D eigenvalue weighted by molar-refractivity contribution is 5.96. The Balaban J connectivity index is 2.00. The number of ether oxygens (including phenoxy) is 1. The first kappa shape index (κ1) is 21.1. The van der Waals surface area contributed by atoms with Crippen molar-refractivity contribution >= 4 is 17.8 Å². The molecule has 0 bridgehead atoms. The molecule has 0 aromatic heterocycles. The Morgan fingerprint density at radius 2 is 1.71 bits per heavy atom. The van der Waals surface area contributed by atoms with Gasteiger partial charge >= 0.3 is 5.97 Å². The second kappa shape index (κ2) is 9.64. The number of methoxy groups -OCH3 is 1. The third kappa shape index (κ3) is 5.90. The first-order valence-corrected chi connectivity index (χ1v) is 8.77. The van der Waals surface area contributed by atoms with E-state index in [9.17, 15) is 18.8 Å². The van der Waals surface area contributed by atoms with Gasteiger partial charge in [-0.25, -0.2) is 4.39 Å². The molecule has 2 rings (SSSR count). The van der Waals surface area contributed by atoms with Crippen LogP contribution in [0.4, 0.5) is 4.39 Å². The molecule has 0 saturated carbocycles. The smallest absolute Gasteiger partial charge is 0.307 e. The van der Waals surface area contributed by atoms with Gasteiger partial charge < -0.3 is 15.4 Å². The minimum atomic E-state index is -0.695. The minimum Gasteiger partial charge on any atom is -0.469 e. The van der Waals surface area contributed by atoms with Crippen LogP contribution in [0.5, 0.6) is 0 Å². The molecule has 0 aliphatic heterocycles. The highest BCUT2D eigenvalue weighted by Crippen LogP contribution is 2.18. The molecule has 1 atom stereocenters. The number of benzene rings is 2. The van der Waals surface area contributed by atoms with Crippen LogP contribution in [0.3, 0.4) is 0 Å². The number of esters is 1. The predicted octanol–water partition coefficient (Wildman–Crippen LogP) is 2.59. The molecule has 2 N–H and O–H groups in total. The summed E-state index contributed by atoms with van der Waals surface area (Å²) in [5.41, 5.74) is 3.06. The fourth-order valence-electron chi connectivity index (χ4n) is 2.59. The minimum absolute atomic E-state index is 0.112. The zero-order valence-electron chi connectivity index (χ0n) is 16.0. The Morgan fingerprint density at radius 3 is 2.32 bits per heavy atom. The molecule has 1 unspecified atom stereocenters. The molecular formula is C21H23FN2O4. The van der Waals surface area contributed by atoms with Gasteiger partial charge in [-0.15, -0.1) is 0 Å². The van der Waals surface area contributed by atoms with Gasteiger partial charge in [0.05, 0.1) is 26.1 Å². The van der Waals surface area contributed by atoms with Gasteiger partial charge in [-0.1, -0.05) is 18.2 Å². The van der Waals surface area contributed by atoms with Crippen LogP contribution >= 0.6 is 0 Å². The highest BCUT2D eigenvalue weighted by atomic mass is 19.1. The van der Waals surface area contributed by atoms with E-state index in [0.29, 0.717) is 11.1 Å². The van der Waals surface area contributed by atoms with Crippen LogP contribution in [0.25, 0.3) is 0 Å². The summed E-state index contributed by atoms with van der Waals surface area (Å²) in [6.07, 6.45) is -0.112. The number of carbonyl (C=O) groups excluding carboxylic acids is 3. The molecule has 0 saturated heterocycles. The lowest BCUT2D eigenvalue weighted by molar-refractivity contribution is -0.141. The number of hydrogen-bond donors (Lipinski definition) is 2. The van der Waals surface area contributed by atoms with Crippen molar-refractivity contribution in [3.05, 3.63) is 70.5 Å². The molecule has 148 valence electrons. The van der Waals surface area contributed by atoms with Gasteiger partial charge in [-0.3, -0.25) is 14.4 Å². The van der Waals surface area contributed by atoms with Crippen LogP contribution in [-0.2, 0) is 14.3 Å². The average molecular weight is 386 g/mol. The third-order valence-corrected chi connectivity index (χ3v) is 4.38. The number of halogens is 1.